The molecule has 0 saturated heterocycles. The van der Waals surface area contributed by atoms with Crippen molar-refractivity contribution < 1.29 is 14.6 Å². The molecular formula is C15H14O3. The molecule has 0 fully saturated rings. The number of benzene rings is 2. The SMILES string of the molecule is CC(Oc1cccc(C(=O)O)c1)c1ccccc1. The van der Waals surface area contributed by atoms with Crippen LogP contribution in [0.5, 0.6) is 5.75 Å². The molecule has 1 N–H and O–H groups in total. The quantitative estimate of drug-likeness (QED) is 0.892. The van der Waals surface area contributed by atoms with Crippen LogP contribution in [0.15, 0.2) is 54.6 Å². The molecule has 0 aromatic heterocycles. The predicted octanol–water partition coefficient (Wildman–Crippen LogP) is 3.52. The van der Waals surface area contributed by atoms with Gasteiger partial charge in [-0.1, -0.05) is 36.4 Å². The lowest BCUT2D eigenvalue weighted by molar-refractivity contribution is 0.0696. The highest BCUT2D eigenvalue weighted by Gasteiger charge is 2.08. The predicted molar refractivity (Wildman–Crippen MR) is 68.9 cm³/mol. The number of carboxylic acid groups (broad SMARTS) is 1. The second-order valence-electron chi connectivity index (χ2n) is 4.00. The maximum atomic E-state index is 10.9. The molecule has 1 atom stereocenters. The van der Waals surface area contributed by atoms with Crippen LogP contribution < -0.4 is 4.74 Å². The van der Waals surface area contributed by atoms with Crippen molar-refractivity contribution in [1.29, 1.82) is 0 Å². The summed E-state index contributed by atoms with van der Waals surface area (Å²) in [5, 5.41) is 8.90. The molecule has 0 heterocycles. The third-order valence-electron chi connectivity index (χ3n) is 2.66. The number of hydrogen-bond donors (Lipinski definition) is 1. The zero-order valence-corrected chi connectivity index (χ0v) is 10.0. The van der Waals surface area contributed by atoms with Crippen LogP contribution in [0.1, 0.15) is 28.9 Å². The van der Waals surface area contributed by atoms with Crippen LogP contribution in [0.2, 0.25) is 0 Å². The second-order valence-corrected chi connectivity index (χ2v) is 4.00. The van der Waals surface area contributed by atoms with E-state index in [1.54, 1.807) is 18.2 Å². The minimum Gasteiger partial charge on any atom is -0.486 e. The maximum absolute atomic E-state index is 10.9. The van der Waals surface area contributed by atoms with Gasteiger partial charge in [-0.2, -0.15) is 0 Å². The van der Waals surface area contributed by atoms with E-state index in [1.807, 2.05) is 37.3 Å². The molecule has 2 rings (SSSR count). The van der Waals surface area contributed by atoms with E-state index in [0.717, 1.165) is 5.56 Å². The van der Waals surface area contributed by atoms with Crippen molar-refractivity contribution in [1.82, 2.24) is 0 Å². The highest BCUT2D eigenvalue weighted by atomic mass is 16.5. The molecule has 92 valence electrons. The molecule has 0 bridgehead atoms. The van der Waals surface area contributed by atoms with Gasteiger partial charge in [-0.25, -0.2) is 4.79 Å². The molecule has 1 unspecified atom stereocenters. The third kappa shape index (κ3) is 2.88. The molecule has 0 aliphatic heterocycles. The van der Waals surface area contributed by atoms with Gasteiger partial charge in [0, 0.05) is 0 Å². The Balaban J connectivity index is 2.14. The van der Waals surface area contributed by atoms with E-state index in [2.05, 4.69) is 0 Å². The number of carbonyl (C=O) groups is 1. The smallest absolute Gasteiger partial charge is 0.335 e. The van der Waals surface area contributed by atoms with Crippen LogP contribution in [0.4, 0.5) is 0 Å². The van der Waals surface area contributed by atoms with Gasteiger partial charge in [-0.05, 0) is 30.7 Å². The summed E-state index contributed by atoms with van der Waals surface area (Å²) >= 11 is 0. The van der Waals surface area contributed by atoms with Crippen LogP contribution in [0.3, 0.4) is 0 Å². The van der Waals surface area contributed by atoms with Crippen molar-refractivity contribution in [2.24, 2.45) is 0 Å². The van der Waals surface area contributed by atoms with Gasteiger partial charge in [0.15, 0.2) is 0 Å². The summed E-state index contributed by atoms with van der Waals surface area (Å²) in [4.78, 5) is 10.9. The van der Waals surface area contributed by atoms with Crippen LogP contribution in [-0.2, 0) is 0 Å². The monoisotopic (exact) mass is 242 g/mol. The fourth-order valence-electron chi connectivity index (χ4n) is 1.70. The van der Waals surface area contributed by atoms with Gasteiger partial charge in [0.2, 0.25) is 0 Å². The summed E-state index contributed by atoms with van der Waals surface area (Å²) < 4.78 is 5.73. The minimum atomic E-state index is -0.951. The average Bonchev–Trinajstić information content (AvgIpc) is 2.40. The number of ether oxygens (including phenoxy) is 1. The lowest BCUT2D eigenvalue weighted by Crippen LogP contribution is -2.04. The summed E-state index contributed by atoms with van der Waals surface area (Å²) in [5.74, 6) is -0.390. The highest BCUT2D eigenvalue weighted by Crippen LogP contribution is 2.22. The summed E-state index contributed by atoms with van der Waals surface area (Å²) in [6.07, 6.45) is -0.116. The molecule has 2 aromatic rings. The van der Waals surface area contributed by atoms with Crippen LogP contribution >= 0.6 is 0 Å². The van der Waals surface area contributed by atoms with E-state index < -0.39 is 5.97 Å². The van der Waals surface area contributed by atoms with E-state index >= 15 is 0 Å². The zero-order chi connectivity index (χ0) is 13.0. The molecule has 3 heteroatoms. The zero-order valence-electron chi connectivity index (χ0n) is 10.0. The molecule has 0 radical (unpaired) electrons. The Bertz CT molecular complexity index is 534. The molecular weight excluding hydrogens is 228 g/mol. The van der Waals surface area contributed by atoms with Gasteiger partial charge in [-0.15, -0.1) is 0 Å². The van der Waals surface area contributed by atoms with E-state index in [1.165, 1.54) is 6.07 Å². The molecule has 0 amide bonds. The van der Waals surface area contributed by atoms with Gasteiger partial charge in [0.25, 0.3) is 0 Å². The lowest BCUT2D eigenvalue weighted by atomic mass is 10.1. The van der Waals surface area contributed by atoms with Crippen LogP contribution in [0.25, 0.3) is 0 Å². The Kier molecular flexibility index (Phi) is 3.63. The summed E-state index contributed by atoms with van der Waals surface area (Å²) in [6.45, 7) is 1.93. The molecule has 0 saturated carbocycles. The fraction of sp³-hybridized carbons (Fsp3) is 0.133. The third-order valence-corrected chi connectivity index (χ3v) is 2.66. The fourth-order valence-corrected chi connectivity index (χ4v) is 1.70. The van der Waals surface area contributed by atoms with Crippen molar-refractivity contribution in [2.75, 3.05) is 0 Å². The van der Waals surface area contributed by atoms with Crippen molar-refractivity contribution in [3.8, 4) is 5.75 Å². The van der Waals surface area contributed by atoms with Crippen molar-refractivity contribution >= 4 is 5.97 Å². The van der Waals surface area contributed by atoms with Gasteiger partial charge in [0.1, 0.15) is 11.9 Å². The topological polar surface area (TPSA) is 46.5 Å². The van der Waals surface area contributed by atoms with Crippen molar-refractivity contribution in [3.05, 3.63) is 65.7 Å². The normalized spacial score (nSPS) is 11.8. The molecule has 0 spiro atoms. The van der Waals surface area contributed by atoms with Gasteiger partial charge in [0.05, 0.1) is 5.56 Å². The summed E-state index contributed by atoms with van der Waals surface area (Å²) in [7, 11) is 0. The molecule has 0 aliphatic rings. The van der Waals surface area contributed by atoms with Crippen LogP contribution in [0, 0.1) is 0 Å². The average molecular weight is 242 g/mol. The highest BCUT2D eigenvalue weighted by molar-refractivity contribution is 5.87. The second kappa shape index (κ2) is 5.36. The lowest BCUT2D eigenvalue weighted by Gasteiger charge is -2.15. The Hall–Kier alpha value is -2.29. The largest absolute Gasteiger partial charge is 0.486 e. The summed E-state index contributed by atoms with van der Waals surface area (Å²) in [6, 6.07) is 16.3. The van der Waals surface area contributed by atoms with Crippen molar-refractivity contribution in [2.45, 2.75) is 13.0 Å². The van der Waals surface area contributed by atoms with Crippen LogP contribution in [-0.4, -0.2) is 11.1 Å². The van der Waals surface area contributed by atoms with E-state index in [9.17, 15) is 4.79 Å². The Morgan fingerprint density at radius 3 is 2.50 bits per heavy atom. The minimum absolute atomic E-state index is 0.116. The van der Waals surface area contributed by atoms with Gasteiger partial charge >= 0.3 is 5.97 Å². The van der Waals surface area contributed by atoms with Gasteiger partial charge < -0.3 is 9.84 Å². The Morgan fingerprint density at radius 2 is 1.83 bits per heavy atom. The van der Waals surface area contributed by atoms with E-state index in [-0.39, 0.29) is 11.7 Å². The van der Waals surface area contributed by atoms with Crippen molar-refractivity contribution in [3.63, 3.8) is 0 Å². The number of rotatable bonds is 4. The van der Waals surface area contributed by atoms with Gasteiger partial charge in [-0.3, -0.25) is 0 Å². The summed E-state index contributed by atoms with van der Waals surface area (Å²) in [5.41, 5.74) is 1.28. The molecule has 3 nitrogen and oxygen atoms in total. The Morgan fingerprint density at radius 1 is 1.11 bits per heavy atom. The number of aromatic carboxylic acids is 1. The van der Waals surface area contributed by atoms with E-state index in [4.69, 9.17) is 9.84 Å². The molecule has 2 aromatic carbocycles. The van der Waals surface area contributed by atoms with E-state index in [0.29, 0.717) is 5.75 Å². The number of carboxylic acids is 1. The standard InChI is InChI=1S/C15H14O3/c1-11(12-6-3-2-4-7-12)18-14-9-5-8-13(10-14)15(16)17/h2-11H,1H3,(H,16,17). The first-order valence-corrected chi connectivity index (χ1v) is 5.72. The molecule has 0 aliphatic carbocycles. The first kappa shape index (κ1) is 12.2. The first-order valence-electron chi connectivity index (χ1n) is 5.72. The Labute approximate surface area is 106 Å². The maximum Gasteiger partial charge on any atom is 0.335 e. The number of hydrogen-bond acceptors (Lipinski definition) is 2. The molecule has 18 heavy (non-hydrogen) atoms. The first-order chi connectivity index (χ1) is 8.66.